The molecule has 0 spiro atoms. The van der Waals surface area contributed by atoms with Crippen molar-refractivity contribution in [2.24, 2.45) is 0 Å². The lowest BCUT2D eigenvalue weighted by molar-refractivity contribution is -0.145. The number of benzene rings is 2. The van der Waals surface area contributed by atoms with Crippen molar-refractivity contribution >= 4 is 16.9 Å². The standard InChI is InChI=1S/C19H19NO4/c1-4-22-18(21)11-23-16-10-9-14(12(2)13(16)3)19-15-7-5-6-8-17(15)24-20-19/h5-10H,4,11H2,1-3H3. The van der Waals surface area contributed by atoms with Gasteiger partial charge in [0.1, 0.15) is 11.4 Å². The molecular formula is C19H19NO4. The van der Waals surface area contributed by atoms with Gasteiger partial charge in [0.25, 0.3) is 0 Å². The number of carbonyl (C=O) groups excluding carboxylic acids is 1. The zero-order valence-electron chi connectivity index (χ0n) is 14.0. The van der Waals surface area contributed by atoms with Crippen molar-refractivity contribution in [2.45, 2.75) is 20.8 Å². The van der Waals surface area contributed by atoms with E-state index in [4.69, 9.17) is 14.0 Å². The van der Waals surface area contributed by atoms with E-state index in [1.807, 2.05) is 50.2 Å². The van der Waals surface area contributed by atoms with Crippen molar-refractivity contribution in [1.82, 2.24) is 5.16 Å². The fraction of sp³-hybridized carbons (Fsp3) is 0.263. The van der Waals surface area contributed by atoms with Gasteiger partial charge in [-0.3, -0.25) is 0 Å². The minimum absolute atomic E-state index is 0.0969. The third-order valence-electron chi connectivity index (χ3n) is 4.02. The molecule has 3 aromatic rings. The fourth-order valence-corrected chi connectivity index (χ4v) is 2.63. The van der Waals surface area contributed by atoms with Gasteiger partial charge in [0.2, 0.25) is 0 Å². The molecule has 0 saturated heterocycles. The van der Waals surface area contributed by atoms with Crippen LogP contribution in [0.4, 0.5) is 0 Å². The lowest BCUT2D eigenvalue weighted by Gasteiger charge is -2.13. The number of ether oxygens (including phenoxy) is 2. The van der Waals surface area contributed by atoms with Gasteiger partial charge >= 0.3 is 5.97 Å². The first-order valence-electron chi connectivity index (χ1n) is 7.85. The molecule has 3 rings (SSSR count). The van der Waals surface area contributed by atoms with E-state index in [1.54, 1.807) is 6.92 Å². The summed E-state index contributed by atoms with van der Waals surface area (Å²) in [5, 5.41) is 5.18. The maximum absolute atomic E-state index is 11.4. The molecule has 0 N–H and O–H groups in total. The second kappa shape index (κ2) is 6.74. The van der Waals surface area contributed by atoms with Gasteiger partial charge in [-0.1, -0.05) is 17.3 Å². The summed E-state index contributed by atoms with van der Waals surface area (Å²) >= 11 is 0. The van der Waals surface area contributed by atoms with Crippen LogP contribution in [0, 0.1) is 13.8 Å². The van der Waals surface area contributed by atoms with E-state index in [0.717, 1.165) is 33.4 Å². The Bertz CT molecular complexity index is 882. The number of para-hydroxylation sites is 1. The average Bonchev–Trinajstić information content (AvgIpc) is 3.00. The fourth-order valence-electron chi connectivity index (χ4n) is 2.63. The van der Waals surface area contributed by atoms with Crippen LogP contribution in [0.15, 0.2) is 40.9 Å². The normalized spacial score (nSPS) is 10.8. The van der Waals surface area contributed by atoms with Gasteiger partial charge in [-0.2, -0.15) is 0 Å². The molecule has 0 saturated carbocycles. The van der Waals surface area contributed by atoms with Gasteiger partial charge < -0.3 is 14.0 Å². The Morgan fingerprint density at radius 2 is 1.92 bits per heavy atom. The Balaban J connectivity index is 1.91. The van der Waals surface area contributed by atoms with Crippen LogP contribution in [0.5, 0.6) is 5.75 Å². The van der Waals surface area contributed by atoms with E-state index in [1.165, 1.54) is 0 Å². The molecule has 0 radical (unpaired) electrons. The monoisotopic (exact) mass is 325 g/mol. The van der Waals surface area contributed by atoms with Crippen LogP contribution in [0.1, 0.15) is 18.1 Å². The molecule has 0 fully saturated rings. The molecule has 24 heavy (non-hydrogen) atoms. The molecule has 0 unspecified atom stereocenters. The topological polar surface area (TPSA) is 61.6 Å². The first-order chi connectivity index (χ1) is 11.6. The van der Waals surface area contributed by atoms with Crippen molar-refractivity contribution < 1.29 is 18.8 Å². The number of nitrogens with zero attached hydrogens (tertiary/aromatic N) is 1. The maximum Gasteiger partial charge on any atom is 0.344 e. The Morgan fingerprint density at radius 1 is 1.12 bits per heavy atom. The summed E-state index contributed by atoms with van der Waals surface area (Å²) in [5.41, 5.74) is 4.55. The number of hydrogen-bond acceptors (Lipinski definition) is 5. The maximum atomic E-state index is 11.4. The summed E-state index contributed by atoms with van der Waals surface area (Å²) in [6.45, 7) is 5.98. The SMILES string of the molecule is CCOC(=O)COc1ccc(-c2noc3ccccc23)c(C)c1C. The van der Waals surface area contributed by atoms with Gasteiger partial charge in [-0.25, -0.2) is 4.79 Å². The van der Waals surface area contributed by atoms with Crippen molar-refractivity contribution in [3.63, 3.8) is 0 Å². The molecule has 0 bridgehead atoms. The van der Waals surface area contributed by atoms with Gasteiger partial charge in [0, 0.05) is 10.9 Å². The second-order valence-electron chi connectivity index (χ2n) is 5.48. The second-order valence-corrected chi connectivity index (χ2v) is 5.48. The predicted octanol–water partition coefficient (Wildman–Crippen LogP) is 4.05. The van der Waals surface area contributed by atoms with Crippen LogP contribution in [0.25, 0.3) is 22.2 Å². The van der Waals surface area contributed by atoms with Crippen LogP contribution < -0.4 is 4.74 Å². The summed E-state index contributed by atoms with van der Waals surface area (Å²) in [6.07, 6.45) is 0. The molecule has 5 nitrogen and oxygen atoms in total. The van der Waals surface area contributed by atoms with E-state index >= 15 is 0 Å². The van der Waals surface area contributed by atoms with Crippen molar-refractivity contribution in [3.8, 4) is 17.0 Å². The highest BCUT2D eigenvalue weighted by Crippen LogP contribution is 2.34. The summed E-state index contributed by atoms with van der Waals surface area (Å²) in [4.78, 5) is 11.4. The third-order valence-corrected chi connectivity index (χ3v) is 4.02. The first kappa shape index (κ1) is 16.1. The lowest BCUT2D eigenvalue weighted by atomic mass is 9.98. The zero-order chi connectivity index (χ0) is 17.1. The quantitative estimate of drug-likeness (QED) is 0.662. The van der Waals surface area contributed by atoms with E-state index in [0.29, 0.717) is 12.4 Å². The smallest absolute Gasteiger partial charge is 0.344 e. The largest absolute Gasteiger partial charge is 0.482 e. The van der Waals surface area contributed by atoms with Crippen LogP contribution in [-0.4, -0.2) is 24.3 Å². The van der Waals surface area contributed by atoms with Crippen molar-refractivity contribution in [1.29, 1.82) is 0 Å². The van der Waals surface area contributed by atoms with E-state index < -0.39 is 0 Å². The van der Waals surface area contributed by atoms with Crippen LogP contribution >= 0.6 is 0 Å². The number of fused-ring (bicyclic) bond motifs is 1. The molecule has 0 aliphatic rings. The molecule has 2 aromatic carbocycles. The molecule has 0 amide bonds. The molecule has 124 valence electrons. The highest BCUT2D eigenvalue weighted by Gasteiger charge is 2.15. The van der Waals surface area contributed by atoms with Crippen LogP contribution in [0.2, 0.25) is 0 Å². The van der Waals surface area contributed by atoms with Gasteiger partial charge in [-0.15, -0.1) is 0 Å². The highest BCUT2D eigenvalue weighted by molar-refractivity contribution is 5.92. The van der Waals surface area contributed by atoms with E-state index in [-0.39, 0.29) is 12.6 Å². The van der Waals surface area contributed by atoms with Gasteiger partial charge in [0.15, 0.2) is 12.2 Å². The number of aromatic nitrogens is 1. The van der Waals surface area contributed by atoms with Gasteiger partial charge in [0.05, 0.1) is 6.61 Å². The van der Waals surface area contributed by atoms with Crippen LogP contribution in [0.3, 0.4) is 0 Å². The van der Waals surface area contributed by atoms with Crippen molar-refractivity contribution in [3.05, 3.63) is 47.5 Å². The summed E-state index contributed by atoms with van der Waals surface area (Å²) in [6, 6.07) is 11.5. The number of carbonyl (C=O) groups is 1. The average molecular weight is 325 g/mol. The van der Waals surface area contributed by atoms with E-state index in [9.17, 15) is 4.79 Å². The molecule has 5 heteroatoms. The molecule has 1 heterocycles. The minimum Gasteiger partial charge on any atom is -0.482 e. The molecule has 1 aromatic heterocycles. The van der Waals surface area contributed by atoms with Crippen LogP contribution in [-0.2, 0) is 9.53 Å². The molecule has 0 aliphatic heterocycles. The van der Waals surface area contributed by atoms with Gasteiger partial charge in [-0.05, 0) is 56.2 Å². The number of rotatable bonds is 5. The summed E-state index contributed by atoms with van der Waals surface area (Å²) in [5.74, 6) is 0.290. The molecule has 0 atom stereocenters. The zero-order valence-corrected chi connectivity index (χ0v) is 14.0. The molecule has 0 aliphatic carbocycles. The summed E-state index contributed by atoms with van der Waals surface area (Å²) < 4.78 is 15.8. The first-order valence-corrected chi connectivity index (χ1v) is 7.85. The third kappa shape index (κ3) is 2.97. The Morgan fingerprint density at radius 3 is 2.71 bits per heavy atom. The lowest BCUT2D eigenvalue weighted by Crippen LogP contribution is -2.15. The number of esters is 1. The Hall–Kier alpha value is -2.82. The Labute approximate surface area is 140 Å². The van der Waals surface area contributed by atoms with Crippen molar-refractivity contribution in [2.75, 3.05) is 13.2 Å². The highest BCUT2D eigenvalue weighted by atomic mass is 16.6. The van der Waals surface area contributed by atoms with E-state index in [2.05, 4.69) is 5.16 Å². The summed E-state index contributed by atoms with van der Waals surface area (Å²) in [7, 11) is 0. The number of hydrogen-bond donors (Lipinski definition) is 0. The predicted molar refractivity (Wildman–Crippen MR) is 91.0 cm³/mol. The Kier molecular flexibility index (Phi) is 4.51. The molecular weight excluding hydrogens is 306 g/mol. The minimum atomic E-state index is -0.374.